The van der Waals surface area contributed by atoms with Gasteiger partial charge in [0.1, 0.15) is 0 Å². The average molecular weight is 223 g/mol. The normalized spacial score (nSPS) is 14.3. The third-order valence-electron chi connectivity index (χ3n) is 2.14. The van der Waals surface area contributed by atoms with Crippen molar-refractivity contribution < 1.29 is 14.4 Å². The fourth-order valence-corrected chi connectivity index (χ4v) is 1.68. The van der Waals surface area contributed by atoms with Crippen LogP contribution in [-0.4, -0.2) is 28.5 Å². The minimum Gasteiger partial charge on any atom is -0.324 e. The Morgan fingerprint density at radius 1 is 1.36 bits per heavy atom. The topological polar surface area (TPSA) is 69.6 Å². The highest BCUT2D eigenvalue weighted by atomic mass is 31.2. The van der Waals surface area contributed by atoms with Gasteiger partial charge in [0, 0.05) is 12.6 Å². The van der Waals surface area contributed by atoms with E-state index in [1.54, 1.807) is 0 Å². The molecule has 4 nitrogen and oxygen atoms in total. The molecule has 0 aliphatic carbocycles. The molecule has 0 bridgehead atoms. The monoisotopic (exact) mass is 223 g/mol. The van der Waals surface area contributed by atoms with Crippen LogP contribution in [0.2, 0.25) is 0 Å². The van der Waals surface area contributed by atoms with E-state index in [1.165, 1.54) is 19.3 Å². The summed E-state index contributed by atoms with van der Waals surface area (Å²) in [5.74, 6) is 0. The van der Waals surface area contributed by atoms with Crippen LogP contribution in [0, 0.1) is 0 Å². The molecule has 0 aliphatic heterocycles. The second kappa shape index (κ2) is 7.41. The molecule has 0 aromatic heterocycles. The summed E-state index contributed by atoms with van der Waals surface area (Å²) < 4.78 is 10.5. The van der Waals surface area contributed by atoms with Crippen molar-refractivity contribution >= 4 is 7.60 Å². The van der Waals surface area contributed by atoms with Crippen LogP contribution in [0.4, 0.5) is 0 Å². The molecule has 0 saturated heterocycles. The summed E-state index contributed by atoms with van der Waals surface area (Å²) in [7, 11) is -3.82. The number of hydrogen-bond acceptors (Lipinski definition) is 2. The summed E-state index contributed by atoms with van der Waals surface area (Å²) in [5.41, 5.74) is 0. The number of hydrogen-bond donors (Lipinski definition) is 3. The summed E-state index contributed by atoms with van der Waals surface area (Å²) in [6.07, 6.45) is 4.63. The first-order valence-electron chi connectivity index (χ1n) is 5.23. The van der Waals surface area contributed by atoms with Crippen molar-refractivity contribution in [2.24, 2.45) is 0 Å². The van der Waals surface area contributed by atoms with E-state index in [0.29, 0.717) is 12.6 Å². The lowest BCUT2D eigenvalue weighted by Gasteiger charge is -2.13. The van der Waals surface area contributed by atoms with Crippen molar-refractivity contribution in [3.8, 4) is 0 Å². The first kappa shape index (κ1) is 14.1. The van der Waals surface area contributed by atoms with Crippen LogP contribution in [0.15, 0.2) is 0 Å². The van der Waals surface area contributed by atoms with Crippen molar-refractivity contribution in [2.45, 2.75) is 45.6 Å². The lowest BCUT2D eigenvalue weighted by atomic mass is 10.1. The van der Waals surface area contributed by atoms with Crippen molar-refractivity contribution in [1.82, 2.24) is 5.32 Å². The Labute approximate surface area is 86.3 Å². The molecule has 0 aromatic carbocycles. The van der Waals surface area contributed by atoms with Gasteiger partial charge in [-0.25, -0.2) is 0 Å². The highest BCUT2D eigenvalue weighted by molar-refractivity contribution is 7.51. The molecule has 1 atom stereocenters. The number of rotatable bonds is 8. The Kier molecular flexibility index (Phi) is 7.47. The van der Waals surface area contributed by atoms with Gasteiger partial charge < -0.3 is 15.1 Å². The molecule has 5 heteroatoms. The Balaban J connectivity index is 3.35. The predicted molar refractivity (Wildman–Crippen MR) is 58.5 cm³/mol. The molecule has 3 N–H and O–H groups in total. The standard InChI is InChI=1S/C9H22NO3P/c1-3-4-5-6-9(2)10-7-8-14(11,12)13/h9-10H,3-8H2,1-2H3,(H2,11,12,13)/t9-/m1/s1. The van der Waals surface area contributed by atoms with Crippen LogP contribution in [0.25, 0.3) is 0 Å². The molecule has 14 heavy (non-hydrogen) atoms. The van der Waals surface area contributed by atoms with Crippen LogP contribution < -0.4 is 5.32 Å². The maximum atomic E-state index is 10.5. The molecule has 0 radical (unpaired) electrons. The molecule has 0 aromatic rings. The number of unbranched alkanes of at least 4 members (excludes halogenated alkanes) is 2. The molecule has 0 rings (SSSR count). The van der Waals surface area contributed by atoms with Gasteiger partial charge in [-0.2, -0.15) is 0 Å². The average Bonchev–Trinajstić information content (AvgIpc) is 2.02. The maximum Gasteiger partial charge on any atom is 0.326 e. The highest BCUT2D eigenvalue weighted by Gasteiger charge is 2.12. The van der Waals surface area contributed by atoms with Crippen molar-refractivity contribution in [3.05, 3.63) is 0 Å². The Hall–Kier alpha value is 0.110. The van der Waals surface area contributed by atoms with E-state index < -0.39 is 7.60 Å². The fraction of sp³-hybridized carbons (Fsp3) is 1.00. The van der Waals surface area contributed by atoms with E-state index in [4.69, 9.17) is 9.79 Å². The lowest BCUT2D eigenvalue weighted by Crippen LogP contribution is -2.28. The van der Waals surface area contributed by atoms with E-state index >= 15 is 0 Å². The molecular formula is C9H22NO3P. The first-order valence-corrected chi connectivity index (χ1v) is 7.03. The molecule has 0 amide bonds. The van der Waals surface area contributed by atoms with Gasteiger partial charge in [0.25, 0.3) is 0 Å². The third kappa shape index (κ3) is 10.2. The second-order valence-corrected chi connectivity index (χ2v) is 5.52. The van der Waals surface area contributed by atoms with Gasteiger partial charge in [0.05, 0.1) is 6.16 Å². The van der Waals surface area contributed by atoms with Gasteiger partial charge in [0.2, 0.25) is 0 Å². The molecule has 0 saturated carbocycles. The minimum atomic E-state index is -3.82. The zero-order valence-corrected chi connectivity index (χ0v) is 9.96. The van der Waals surface area contributed by atoms with Crippen molar-refractivity contribution in [3.63, 3.8) is 0 Å². The van der Waals surface area contributed by atoms with Gasteiger partial charge in [-0.3, -0.25) is 4.57 Å². The SMILES string of the molecule is CCCCC[C@@H](C)NCCP(=O)(O)O. The van der Waals surface area contributed by atoms with E-state index in [9.17, 15) is 4.57 Å². The van der Waals surface area contributed by atoms with E-state index in [1.807, 2.05) is 0 Å². The summed E-state index contributed by atoms with van der Waals surface area (Å²) in [4.78, 5) is 17.2. The lowest BCUT2D eigenvalue weighted by molar-refractivity contribution is 0.370. The van der Waals surface area contributed by atoms with Gasteiger partial charge in [-0.15, -0.1) is 0 Å². The molecule has 86 valence electrons. The molecule has 0 unspecified atom stereocenters. The van der Waals surface area contributed by atoms with Crippen LogP contribution >= 0.6 is 7.60 Å². The van der Waals surface area contributed by atoms with Crippen LogP contribution in [0.5, 0.6) is 0 Å². The zero-order valence-electron chi connectivity index (χ0n) is 9.07. The Morgan fingerprint density at radius 3 is 2.50 bits per heavy atom. The van der Waals surface area contributed by atoms with Crippen molar-refractivity contribution in [1.29, 1.82) is 0 Å². The molecule has 0 aliphatic rings. The summed E-state index contributed by atoms with van der Waals surface area (Å²) in [6, 6.07) is 0.355. The smallest absolute Gasteiger partial charge is 0.324 e. The van der Waals surface area contributed by atoms with Crippen LogP contribution in [0.3, 0.4) is 0 Å². The Morgan fingerprint density at radius 2 is 2.00 bits per heavy atom. The van der Waals surface area contributed by atoms with Gasteiger partial charge in [-0.05, 0) is 13.3 Å². The summed E-state index contributed by atoms with van der Waals surface area (Å²) >= 11 is 0. The third-order valence-corrected chi connectivity index (χ3v) is 2.94. The quantitative estimate of drug-likeness (QED) is 0.433. The summed E-state index contributed by atoms with van der Waals surface area (Å²) in [5, 5.41) is 3.11. The highest BCUT2D eigenvalue weighted by Crippen LogP contribution is 2.32. The second-order valence-electron chi connectivity index (χ2n) is 3.74. The van der Waals surface area contributed by atoms with Gasteiger partial charge in [-0.1, -0.05) is 26.2 Å². The van der Waals surface area contributed by atoms with Gasteiger partial charge >= 0.3 is 7.60 Å². The van der Waals surface area contributed by atoms with E-state index in [0.717, 1.165) is 6.42 Å². The molecule has 0 heterocycles. The fourth-order valence-electron chi connectivity index (χ4n) is 1.26. The maximum absolute atomic E-state index is 10.5. The zero-order chi connectivity index (χ0) is 11.0. The van der Waals surface area contributed by atoms with Crippen LogP contribution in [0.1, 0.15) is 39.5 Å². The Bertz CT molecular complexity index is 181. The van der Waals surface area contributed by atoms with Gasteiger partial charge in [0.15, 0.2) is 0 Å². The first-order chi connectivity index (χ1) is 6.45. The predicted octanol–water partition coefficient (Wildman–Crippen LogP) is 1.72. The molecule has 0 fully saturated rings. The number of nitrogens with one attached hydrogen (secondary N) is 1. The molecule has 0 spiro atoms. The van der Waals surface area contributed by atoms with Crippen LogP contribution in [-0.2, 0) is 4.57 Å². The summed E-state index contributed by atoms with van der Waals surface area (Å²) in [6.45, 7) is 4.61. The molecular weight excluding hydrogens is 201 g/mol. The van der Waals surface area contributed by atoms with Crippen molar-refractivity contribution in [2.75, 3.05) is 12.7 Å². The van der Waals surface area contributed by atoms with E-state index in [2.05, 4.69) is 19.2 Å². The minimum absolute atomic E-state index is 0.0644. The largest absolute Gasteiger partial charge is 0.326 e. The van der Waals surface area contributed by atoms with E-state index in [-0.39, 0.29) is 6.16 Å².